The second-order valence-corrected chi connectivity index (χ2v) is 4.67. The zero-order valence-electron chi connectivity index (χ0n) is 9.29. The molecule has 16 heavy (non-hydrogen) atoms. The van der Waals surface area contributed by atoms with Crippen molar-refractivity contribution in [2.75, 3.05) is 13.1 Å². The fourth-order valence-electron chi connectivity index (χ4n) is 2.55. The van der Waals surface area contributed by atoms with E-state index in [4.69, 9.17) is 4.74 Å². The molecule has 0 aliphatic carbocycles. The van der Waals surface area contributed by atoms with Crippen LogP contribution in [0.15, 0.2) is 4.79 Å². The number of ether oxygens (including phenoxy) is 1. The summed E-state index contributed by atoms with van der Waals surface area (Å²) < 4.78 is 6.99. The van der Waals surface area contributed by atoms with Gasteiger partial charge in [0.2, 0.25) is 0 Å². The van der Waals surface area contributed by atoms with E-state index >= 15 is 0 Å². The van der Waals surface area contributed by atoms with Crippen molar-refractivity contribution in [1.29, 1.82) is 0 Å². The zero-order valence-corrected chi connectivity index (χ0v) is 9.29. The summed E-state index contributed by atoms with van der Waals surface area (Å²) in [7, 11) is 0. The van der Waals surface area contributed by atoms with E-state index < -0.39 is 0 Å². The Balaban J connectivity index is 1.77. The van der Waals surface area contributed by atoms with Crippen molar-refractivity contribution in [3.63, 3.8) is 0 Å². The van der Waals surface area contributed by atoms with Crippen LogP contribution in [0.1, 0.15) is 24.1 Å². The van der Waals surface area contributed by atoms with Crippen molar-refractivity contribution in [2.45, 2.75) is 32.6 Å². The van der Waals surface area contributed by atoms with Gasteiger partial charge in [0.15, 0.2) is 0 Å². The lowest BCUT2D eigenvalue weighted by Gasteiger charge is -2.22. The van der Waals surface area contributed by atoms with Crippen LogP contribution in [0, 0.1) is 5.92 Å². The highest BCUT2D eigenvalue weighted by Crippen LogP contribution is 2.16. The van der Waals surface area contributed by atoms with Gasteiger partial charge < -0.3 is 10.1 Å². The normalized spacial score (nSPS) is 21.2. The third kappa shape index (κ3) is 1.70. The number of hydrogen-bond donors (Lipinski definition) is 2. The first-order chi connectivity index (χ1) is 7.84. The molecule has 2 N–H and O–H groups in total. The first-order valence-electron chi connectivity index (χ1n) is 5.93. The standard InChI is InChI=1S/C11H17N3O2/c15-11-9-6-16-7-10(9)13-14(11)5-8-1-3-12-4-2-8/h8,12-13H,1-7H2. The van der Waals surface area contributed by atoms with Gasteiger partial charge in [0, 0.05) is 6.54 Å². The number of rotatable bonds is 2. The van der Waals surface area contributed by atoms with Crippen LogP contribution in [-0.2, 0) is 24.5 Å². The Morgan fingerprint density at radius 2 is 2.12 bits per heavy atom. The van der Waals surface area contributed by atoms with E-state index in [1.165, 1.54) is 0 Å². The molecule has 0 aromatic carbocycles. The zero-order chi connectivity index (χ0) is 11.0. The summed E-state index contributed by atoms with van der Waals surface area (Å²) >= 11 is 0. The van der Waals surface area contributed by atoms with E-state index in [0.29, 0.717) is 19.1 Å². The molecule has 0 saturated carbocycles. The van der Waals surface area contributed by atoms with Gasteiger partial charge >= 0.3 is 0 Å². The summed E-state index contributed by atoms with van der Waals surface area (Å²) in [6.45, 7) is 4.01. The molecule has 5 heteroatoms. The van der Waals surface area contributed by atoms with Crippen LogP contribution in [0.25, 0.3) is 0 Å². The summed E-state index contributed by atoms with van der Waals surface area (Å²) in [6, 6.07) is 0. The first-order valence-corrected chi connectivity index (χ1v) is 5.93. The summed E-state index contributed by atoms with van der Waals surface area (Å²) in [5.41, 5.74) is 1.92. The van der Waals surface area contributed by atoms with Crippen LogP contribution >= 0.6 is 0 Å². The largest absolute Gasteiger partial charge is 0.370 e. The number of fused-ring (bicyclic) bond motifs is 1. The Labute approximate surface area is 93.8 Å². The Bertz CT molecular complexity index is 429. The highest BCUT2D eigenvalue weighted by molar-refractivity contribution is 5.18. The van der Waals surface area contributed by atoms with Crippen LogP contribution in [0.4, 0.5) is 0 Å². The van der Waals surface area contributed by atoms with Gasteiger partial charge in [0.25, 0.3) is 5.56 Å². The summed E-state index contributed by atoms with van der Waals surface area (Å²) in [5.74, 6) is 0.624. The molecule has 0 radical (unpaired) electrons. The maximum Gasteiger partial charge on any atom is 0.272 e. The van der Waals surface area contributed by atoms with Crippen LogP contribution in [0.2, 0.25) is 0 Å². The molecule has 0 unspecified atom stereocenters. The number of piperidine rings is 1. The second-order valence-electron chi connectivity index (χ2n) is 4.67. The lowest BCUT2D eigenvalue weighted by Crippen LogP contribution is -2.32. The van der Waals surface area contributed by atoms with Crippen LogP contribution in [-0.4, -0.2) is 22.9 Å². The van der Waals surface area contributed by atoms with Gasteiger partial charge in [-0.05, 0) is 31.8 Å². The maximum absolute atomic E-state index is 12.0. The molecule has 5 nitrogen and oxygen atoms in total. The van der Waals surface area contributed by atoms with Crippen molar-refractivity contribution < 1.29 is 4.74 Å². The Hall–Kier alpha value is -1.07. The average Bonchev–Trinajstić information content (AvgIpc) is 2.86. The molecule has 1 fully saturated rings. The van der Waals surface area contributed by atoms with Crippen LogP contribution in [0.3, 0.4) is 0 Å². The lowest BCUT2D eigenvalue weighted by atomic mass is 9.98. The monoisotopic (exact) mass is 223 g/mol. The molecular formula is C11H17N3O2. The van der Waals surface area contributed by atoms with E-state index in [0.717, 1.165) is 43.7 Å². The third-order valence-corrected chi connectivity index (χ3v) is 3.53. The molecule has 3 heterocycles. The summed E-state index contributed by atoms with van der Waals surface area (Å²) in [6.07, 6.45) is 2.32. The van der Waals surface area contributed by atoms with Crippen molar-refractivity contribution in [1.82, 2.24) is 15.1 Å². The summed E-state index contributed by atoms with van der Waals surface area (Å²) in [5, 5.41) is 6.50. The van der Waals surface area contributed by atoms with Gasteiger partial charge in [-0.3, -0.25) is 14.6 Å². The summed E-state index contributed by atoms with van der Waals surface area (Å²) in [4.78, 5) is 12.0. The Kier molecular flexibility index (Phi) is 2.57. The smallest absolute Gasteiger partial charge is 0.272 e. The molecule has 3 rings (SSSR count). The van der Waals surface area contributed by atoms with Gasteiger partial charge in [-0.15, -0.1) is 0 Å². The minimum Gasteiger partial charge on any atom is -0.370 e. The maximum atomic E-state index is 12.0. The molecule has 2 aliphatic heterocycles. The molecule has 1 aromatic heterocycles. The van der Waals surface area contributed by atoms with Gasteiger partial charge in [-0.2, -0.15) is 0 Å². The highest BCUT2D eigenvalue weighted by Gasteiger charge is 2.21. The first kappa shape index (κ1) is 10.1. The molecular weight excluding hydrogens is 206 g/mol. The molecule has 0 bridgehead atoms. The fraction of sp³-hybridized carbons (Fsp3) is 0.727. The average molecular weight is 223 g/mol. The quantitative estimate of drug-likeness (QED) is 0.753. The number of aromatic amines is 1. The van der Waals surface area contributed by atoms with Gasteiger partial charge in [-0.1, -0.05) is 0 Å². The molecule has 0 spiro atoms. The number of H-pyrrole nitrogens is 1. The van der Waals surface area contributed by atoms with E-state index in [1.54, 1.807) is 4.68 Å². The molecule has 0 atom stereocenters. The molecule has 2 aliphatic rings. The van der Waals surface area contributed by atoms with Crippen molar-refractivity contribution >= 4 is 0 Å². The van der Waals surface area contributed by atoms with Gasteiger partial charge in [0.05, 0.1) is 24.5 Å². The number of aromatic nitrogens is 2. The predicted molar refractivity (Wildman–Crippen MR) is 59.1 cm³/mol. The molecule has 1 aromatic rings. The Morgan fingerprint density at radius 3 is 2.88 bits per heavy atom. The number of hydrogen-bond acceptors (Lipinski definition) is 3. The van der Waals surface area contributed by atoms with E-state index in [-0.39, 0.29) is 5.56 Å². The number of nitrogens with zero attached hydrogens (tertiary/aromatic N) is 1. The molecule has 88 valence electrons. The lowest BCUT2D eigenvalue weighted by molar-refractivity contribution is 0.129. The highest BCUT2D eigenvalue weighted by atomic mass is 16.5. The predicted octanol–water partition coefficient (Wildman–Crippen LogP) is 0.206. The van der Waals surface area contributed by atoms with Crippen LogP contribution < -0.4 is 10.9 Å². The second kappa shape index (κ2) is 4.07. The fourth-order valence-corrected chi connectivity index (χ4v) is 2.55. The van der Waals surface area contributed by atoms with E-state index in [2.05, 4.69) is 10.4 Å². The van der Waals surface area contributed by atoms with Crippen molar-refractivity contribution in [2.24, 2.45) is 5.92 Å². The van der Waals surface area contributed by atoms with Gasteiger partial charge in [-0.25, -0.2) is 0 Å². The third-order valence-electron chi connectivity index (χ3n) is 3.53. The minimum atomic E-state index is 0.117. The van der Waals surface area contributed by atoms with E-state index in [9.17, 15) is 4.79 Å². The molecule has 0 amide bonds. The SMILES string of the molecule is O=c1c2c([nH]n1CC1CCNCC1)COC2. The Morgan fingerprint density at radius 1 is 1.31 bits per heavy atom. The van der Waals surface area contributed by atoms with Crippen molar-refractivity contribution in [3.05, 3.63) is 21.6 Å². The van der Waals surface area contributed by atoms with Crippen LogP contribution in [0.5, 0.6) is 0 Å². The topological polar surface area (TPSA) is 59.0 Å². The van der Waals surface area contributed by atoms with Crippen molar-refractivity contribution in [3.8, 4) is 0 Å². The number of nitrogens with one attached hydrogen (secondary N) is 2. The molecule has 1 saturated heterocycles. The van der Waals surface area contributed by atoms with Gasteiger partial charge in [0.1, 0.15) is 0 Å². The van der Waals surface area contributed by atoms with E-state index in [1.807, 2.05) is 0 Å². The minimum absolute atomic E-state index is 0.117.